The number of carbonyl (C=O) groups is 3. The van der Waals surface area contributed by atoms with Gasteiger partial charge in [-0.1, -0.05) is 83.1 Å². The van der Waals surface area contributed by atoms with Gasteiger partial charge in [-0.25, -0.2) is 0 Å². The first kappa shape index (κ1) is 45.2. The second-order valence-corrected chi connectivity index (χ2v) is 17.4. The molecule has 1 atom stereocenters. The number of allylic oxidation sites excluding steroid dienone is 4. The Balaban J connectivity index is 1.52. The molecule has 1 N–H and O–H groups in total. The van der Waals surface area contributed by atoms with Crippen molar-refractivity contribution in [2.45, 2.75) is 199 Å². The number of amides is 2. The molecule has 53 heavy (non-hydrogen) atoms. The van der Waals surface area contributed by atoms with Gasteiger partial charge in [0.05, 0.1) is 6.61 Å². The van der Waals surface area contributed by atoms with Crippen LogP contribution >= 0.6 is 0 Å². The Bertz CT molecular complexity index is 1050. The summed E-state index contributed by atoms with van der Waals surface area (Å²) < 4.78 is 5.57. The van der Waals surface area contributed by atoms with Crippen LogP contribution in [0.1, 0.15) is 187 Å². The van der Waals surface area contributed by atoms with Gasteiger partial charge in [0.1, 0.15) is 6.04 Å². The molecule has 4 fully saturated rings. The number of rotatable bonds is 31. The Kier molecular flexibility index (Phi) is 22.7. The summed E-state index contributed by atoms with van der Waals surface area (Å²) >= 11 is 0. The highest BCUT2D eigenvalue weighted by molar-refractivity contribution is 5.88. The van der Waals surface area contributed by atoms with Crippen molar-refractivity contribution in [1.29, 1.82) is 0 Å². The van der Waals surface area contributed by atoms with E-state index in [1.165, 1.54) is 70.6 Å². The Morgan fingerprint density at radius 2 is 1.19 bits per heavy atom. The van der Waals surface area contributed by atoms with Crippen LogP contribution < -0.4 is 5.32 Å². The second kappa shape index (κ2) is 26.6. The maximum Gasteiger partial charge on any atom is 0.305 e. The first-order chi connectivity index (χ1) is 25.7. The number of carbonyl (C=O) groups excluding carboxylic acids is 3. The molecule has 0 spiro atoms. The van der Waals surface area contributed by atoms with Crippen molar-refractivity contribution in [3.63, 3.8) is 0 Å². The van der Waals surface area contributed by atoms with Crippen molar-refractivity contribution in [3.05, 3.63) is 24.3 Å². The van der Waals surface area contributed by atoms with Crippen LogP contribution in [0.25, 0.3) is 0 Å². The predicted molar refractivity (Wildman–Crippen MR) is 221 cm³/mol. The van der Waals surface area contributed by atoms with Crippen LogP contribution in [0.15, 0.2) is 24.3 Å². The Morgan fingerprint density at radius 1 is 0.660 bits per heavy atom. The zero-order valence-electron chi connectivity index (χ0n) is 34.9. The summed E-state index contributed by atoms with van der Waals surface area (Å²) in [5.41, 5.74) is -0.0804. The summed E-state index contributed by atoms with van der Waals surface area (Å²) in [6.45, 7) is 6.39. The number of hydrogen-bond donors (Lipinski definition) is 1. The summed E-state index contributed by atoms with van der Waals surface area (Å²) in [5, 5.41) is 3.65. The third-order valence-corrected chi connectivity index (χ3v) is 12.1. The van der Waals surface area contributed by atoms with E-state index in [9.17, 15) is 14.4 Å². The van der Waals surface area contributed by atoms with Gasteiger partial charge in [-0.15, -0.1) is 0 Å². The number of nitrogens with zero attached hydrogens (tertiary/aromatic N) is 2. The molecule has 1 unspecified atom stereocenters. The molecular weight excluding hydrogens is 659 g/mol. The van der Waals surface area contributed by atoms with E-state index in [1.807, 2.05) is 4.90 Å². The van der Waals surface area contributed by atoms with E-state index in [1.54, 1.807) is 0 Å². The van der Waals surface area contributed by atoms with E-state index in [2.05, 4.69) is 62.5 Å². The van der Waals surface area contributed by atoms with Crippen molar-refractivity contribution >= 4 is 17.8 Å². The Labute approximate surface area is 325 Å². The lowest BCUT2D eigenvalue weighted by Crippen LogP contribution is -2.63. The van der Waals surface area contributed by atoms with Crippen LogP contribution in [-0.4, -0.2) is 73.0 Å². The molecule has 2 amide bonds. The maximum atomic E-state index is 14.4. The van der Waals surface area contributed by atoms with E-state index >= 15 is 0 Å². The number of ether oxygens (including phenoxy) is 1. The van der Waals surface area contributed by atoms with Gasteiger partial charge in [-0.3, -0.25) is 14.4 Å². The zero-order valence-corrected chi connectivity index (χ0v) is 34.9. The van der Waals surface area contributed by atoms with Crippen molar-refractivity contribution in [2.24, 2.45) is 17.8 Å². The van der Waals surface area contributed by atoms with E-state index in [-0.39, 0.29) is 23.3 Å². The molecule has 0 saturated heterocycles. The molecule has 4 aliphatic rings. The highest BCUT2D eigenvalue weighted by atomic mass is 16.5. The number of esters is 1. The van der Waals surface area contributed by atoms with E-state index < -0.39 is 6.04 Å². The molecule has 0 aromatic heterocycles. The highest BCUT2D eigenvalue weighted by Crippen LogP contribution is 2.55. The fourth-order valence-corrected chi connectivity index (χ4v) is 9.65. The molecule has 4 bridgehead atoms. The molecule has 0 aliphatic heterocycles. The Morgan fingerprint density at radius 3 is 1.74 bits per heavy atom. The van der Waals surface area contributed by atoms with Crippen LogP contribution in [0.3, 0.4) is 0 Å². The summed E-state index contributed by atoms with van der Waals surface area (Å²) in [6.07, 6.45) is 37.2. The lowest BCUT2D eigenvalue weighted by Gasteiger charge is -2.57. The first-order valence-corrected chi connectivity index (χ1v) is 22.5. The molecular formula is C46H81N3O4. The molecule has 0 radical (unpaired) electrons. The largest absolute Gasteiger partial charge is 0.466 e. The van der Waals surface area contributed by atoms with E-state index in [0.717, 1.165) is 108 Å². The van der Waals surface area contributed by atoms with E-state index in [4.69, 9.17) is 4.74 Å². The minimum Gasteiger partial charge on any atom is -0.466 e. The molecule has 304 valence electrons. The van der Waals surface area contributed by atoms with Gasteiger partial charge in [0.2, 0.25) is 11.8 Å². The molecule has 4 aliphatic carbocycles. The topological polar surface area (TPSA) is 79.0 Å². The molecule has 0 heterocycles. The van der Waals surface area contributed by atoms with Crippen LogP contribution in [0.4, 0.5) is 0 Å². The number of hydrogen-bond acceptors (Lipinski definition) is 5. The van der Waals surface area contributed by atoms with Crippen molar-refractivity contribution in [3.8, 4) is 0 Å². The SMILES string of the molecule is CCCCCC/C=C\CCCC(=O)OCCCCCC(C(=O)NC12CC3CC(CC(C3)C1)C2)N(CCCN(C)C)C(=O)CCC/C=C\CCCCCC. The van der Waals surface area contributed by atoms with Crippen LogP contribution in [-0.2, 0) is 19.1 Å². The van der Waals surface area contributed by atoms with Gasteiger partial charge in [0, 0.05) is 24.9 Å². The Hall–Kier alpha value is -2.15. The van der Waals surface area contributed by atoms with E-state index in [0.29, 0.717) is 32.4 Å². The molecule has 4 saturated carbocycles. The fraction of sp³-hybridized carbons (Fsp3) is 0.848. The second-order valence-electron chi connectivity index (χ2n) is 17.4. The van der Waals surface area contributed by atoms with Gasteiger partial charge in [-0.2, -0.15) is 0 Å². The standard InChI is InChI=1S/C46H81N3O4/c1-5-7-9-11-13-15-17-19-23-28-43(50)49(31-26-30-48(3)4)42(45(52)47-46-36-39-33-40(37-46)35-41(34-39)38-46)27-22-21-25-32-53-44(51)29-24-20-18-16-14-12-10-8-6-2/h15-18,39-42H,5-14,19-38H2,1-4H3,(H,47,52)/b17-15-,18-16-. The van der Waals surface area contributed by atoms with Crippen LogP contribution in [0.2, 0.25) is 0 Å². The normalized spacial score (nSPS) is 22.6. The number of unbranched alkanes of at least 4 members (excludes halogenated alkanes) is 12. The molecule has 7 heteroatoms. The van der Waals surface area contributed by atoms with Crippen LogP contribution in [0, 0.1) is 17.8 Å². The van der Waals surface area contributed by atoms with Crippen molar-refractivity contribution in [2.75, 3.05) is 33.8 Å². The third kappa shape index (κ3) is 18.4. The lowest BCUT2D eigenvalue weighted by molar-refractivity contribution is -0.144. The molecule has 4 rings (SSSR count). The monoisotopic (exact) mass is 740 g/mol. The van der Waals surface area contributed by atoms with Gasteiger partial charge in [0.25, 0.3) is 0 Å². The van der Waals surface area contributed by atoms with Gasteiger partial charge >= 0.3 is 5.97 Å². The summed E-state index contributed by atoms with van der Waals surface area (Å²) in [7, 11) is 4.14. The smallest absolute Gasteiger partial charge is 0.305 e. The minimum atomic E-state index is -0.450. The zero-order chi connectivity index (χ0) is 38.2. The average molecular weight is 740 g/mol. The van der Waals surface area contributed by atoms with Gasteiger partial charge in [-0.05, 0) is 154 Å². The van der Waals surface area contributed by atoms with Crippen molar-refractivity contribution < 1.29 is 19.1 Å². The first-order valence-electron chi connectivity index (χ1n) is 22.5. The predicted octanol–water partition coefficient (Wildman–Crippen LogP) is 10.7. The molecule has 0 aromatic carbocycles. The number of nitrogens with one attached hydrogen (secondary N) is 1. The highest BCUT2D eigenvalue weighted by Gasteiger charge is 2.52. The minimum absolute atomic E-state index is 0.0681. The lowest BCUT2D eigenvalue weighted by atomic mass is 9.53. The van der Waals surface area contributed by atoms with Crippen molar-refractivity contribution in [1.82, 2.24) is 15.1 Å². The average Bonchev–Trinajstić information content (AvgIpc) is 3.11. The van der Waals surface area contributed by atoms with Gasteiger partial charge in [0.15, 0.2) is 0 Å². The van der Waals surface area contributed by atoms with Crippen LogP contribution in [0.5, 0.6) is 0 Å². The molecule has 7 nitrogen and oxygen atoms in total. The van der Waals surface area contributed by atoms with Gasteiger partial charge < -0.3 is 19.9 Å². The maximum absolute atomic E-state index is 14.4. The third-order valence-electron chi connectivity index (χ3n) is 12.1. The summed E-state index contributed by atoms with van der Waals surface area (Å²) in [4.78, 5) is 44.9. The summed E-state index contributed by atoms with van der Waals surface area (Å²) in [6, 6.07) is -0.450. The fourth-order valence-electron chi connectivity index (χ4n) is 9.65. The summed E-state index contributed by atoms with van der Waals surface area (Å²) in [5.74, 6) is 2.31. The quantitative estimate of drug-likeness (QED) is 0.0435. The molecule has 0 aromatic rings.